The Hall–Kier alpha value is -2.74. The predicted octanol–water partition coefficient (Wildman–Crippen LogP) is 5.95. The van der Waals surface area contributed by atoms with E-state index in [0.29, 0.717) is 24.0 Å². The SMILES string of the molecule is COC1CCN(CCCOc2ccc3nc(-c4ccc(F)c(Cl)c4)c(CC(=O)NC(C)C)c(C)c3c2)CC1. The van der Waals surface area contributed by atoms with Gasteiger partial charge in [0, 0.05) is 43.7 Å². The number of methoxy groups -OCH3 is 1. The number of aryl methyl sites for hydroxylation is 1. The van der Waals surface area contributed by atoms with Crippen molar-refractivity contribution in [1.29, 1.82) is 0 Å². The second-order valence-electron chi connectivity index (χ2n) is 10.2. The summed E-state index contributed by atoms with van der Waals surface area (Å²) in [7, 11) is 1.79. The highest BCUT2D eigenvalue weighted by atomic mass is 35.5. The molecule has 8 heteroatoms. The number of amides is 1. The zero-order valence-corrected chi connectivity index (χ0v) is 23.4. The maximum atomic E-state index is 13.9. The molecule has 0 spiro atoms. The Labute approximate surface area is 229 Å². The van der Waals surface area contributed by atoms with Gasteiger partial charge in [0.15, 0.2) is 0 Å². The lowest BCUT2D eigenvalue weighted by Gasteiger charge is -2.31. The quantitative estimate of drug-likeness (QED) is 0.321. The monoisotopic (exact) mass is 541 g/mol. The smallest absolute Gasteiger partial charge is 0.224 e. The van der Waals surface area contributed by atoms with Crippen molar-refractivity contribution in [3.63, 3.8) is 0 Å². The van der Waals surface area contributed by atoms with Crippen molar-refractivity contribution in [2.75, 3.05) is 33.4 Å². The molecule has 4 rings (SSSR count). The molecule has 0 aliphatic carbocycles. The second kappa shape index (κ2) is 12.9. The Morgan fingerprint density at radius 1 is 1.21 bits per heavy atom. The molecule has 1 aromatic heterocycles. The first-order chi connectivity index (χ1) is 18.2. The van der Waals surface area contributed by atoms with Crippen LogP contribution < -0.4 is 10.1 Å². The molecule has 0 radical (unpaired) electrons. The van der Waals surface area contributed by atoms with Gasteiger partial charge >= 0.3 is 0 Å². The van der Waals surface area contributed by atoms with Gasteiger partial charge in [0.1, 0.15) is 11.6 Å². The van der Waals surface area contributed by atoms with Gasteiger partial charge in [-0.15, -0.1) is 0 Å². The van der Waals surface area contributed by atoms with Crippen molar-refractivity contribution in [3.8, 4) is 17.0 Å². The summed E-state index contributed by atoms with van der Waals surface area (Å²) in [4.78, 5) is 20.1. The molecule has 6 nitrogen and oxygen atoms in total. The number of carbonyl (C=O) groups is 1. The van der Waals surface area contributed by atoms with Crippen molar-refractivity contribution in [2.45, 2.75) is 58.6 Å². The molecule has 1 fully saturated rings. The number of halogens is 2. The number of pyridine rings is 1. The number of piperidine rings is 1. The third kappa shape index (κ3) is 7.01. The number of likely N-dealkylation sites (tertiary alicyclic amines) is 1. The fraction of sp³-hybridized carbons (Fsp3) is 0.467. The van der Waals surface area contributed by atoms with Crippen molar-refractivity contribution in [3.05, 3.63) is 58.4 Å². The van der Waals surface area contributed by atoms with Gasteiger partial charge in [0.05, 0.1) is 35.4 Å². The average Bonchev–Trinajstić information content (AvgIpc) is 2.90. The minimum absolute atomic E-state index is 0.0197. The first-order valence-corrected chi connectivity index (χ1v) is 13.7. The summed E-state index contributed by atoms with van der Waals surface area (Å²) in [5.74, 6) is 0.185. The molecular weight excluding hydrogens is 505 g/mol. The number of carbonyl (C=O) groups excluding carboxylic acids is 1. The molecule has 3 aromatic rings. The number of hydrogen-bond acceptors (Lipinski definition) is 5. The first-order valence-electron chi connectivity index (χ1n) is 13.3. The van der Waals surface area contributed by atoms with Crippen LogP contribution in [0, 0.1) is 12.7 Å². The topological polar surface area (TPSA) is 63.7 Å². The minimum atomic E-state index is -0.492. The van der Waals surface area contributed by atoms with Gasteiger partial charge in [-0.1, -0.05) is 11.6 Å². The zero-order chi connectivity index (χ0) is 27.2. The van der Waals surface area contributed by atoms with E-state index in [9.17, 15) is 9.18 Å². The van der Waals surface area contributed by atoms with Gasteiger partial charge in [-0.2, -0.15) is 0 Å². The molecular formula is C30H37ClFN3O3. The molecule has 1 amide bonds. The van der Waals surface area contributed by atoms with E-state index in [-0.39, 0.29) is 23.4 Å². The standard InChI is InChI=1S/C30H37ClFN3O3/c1-19(2)33-29(36)18-25-20(3)24-17-23(38-15-5-12-35-13-10-22(37-4)11-14-35)7-9-28(24)34-30(25)21-6-8-27(32)26(31)16-21/h6-9,16-17,19,22H,5,10-15,18H2,1-4H3,(H,33,36). The van der Waals surface area contributed by atoms with Crippen LogP contribution in [-0.4, -0.2) is 61.3 Å². The molecule has 0 saturated carbocycles. The number of aromatic nitrogens is 1. The number of fused-ring (bicyclic) bond motifs is 1. The lowest BCUT2D eigenvalue weighted by Crippen LogP contribution is -2.37. The maximum Gasteiger partial charge on any atom is 0.224 e. The van der Waals surface area contributed by atoms with Crippen molar-refractivity contribution < 1.29 is 18.7 Å². The van der Waals surface area contributed by atoms with E-state index >= 15 is 0 Å². The maximum absolute atomic E-state index is 13.9. The summed E-state index contributed by atoms with van der Waals surface area (Å²) in [5.41, 5.74) is 3.80. The fourth-order valence-electron chi connectivity index (χ4n) is 5.01. The van der Waals surface area contributed by atoms with E-state index in [0.717, 1.165) is 66.7 Å². The highest BCUT2D eigenvalue weighted by Gasteiger charge is 2.20. The first kappa shape index (κ1) is 28.3. The predicted molar refractivity (Wildman–Crippen MR) is 150 cm³/mol. The van der Waals surface area contributed by atoms with E-state index < -0.39 is 5.82 Å². The lowest BCUT2D eigenvalue weighted by molar-refractivity contribution is -0.120. The molecule has 204 valence electrons. The highest BCUT2D eigenvalue weighted by Crippen LogP contribution is 2.33. The number of nitrogens with one attached hydrogen (secondary N) is 1. The van der Waals surface area contributed by atoms with Crippen LogP contribution in [-0.2, 0) is 16.0 Å². The van der Waals surface area contributed by atoms with Crippen LogP contribution in [0.25, 0.3) is 22.2 Å². The van der Waals surface area contributed by atoms with Crippen LogP contribution in [0.15, 0.2) is 36.4 Å². The highest BCUT2D eigenvalue weighted by molar-refractivity contribution is 6.31. The van der Waals surface area contributed by atoms with E-state index in [2.05, 4.69) is 10.2 Å². The summed E-state index contributed by atoms with van der Waals surface area (Å²) in [6, 6.07) is 10.4. The Morgan fingerprint density at radius 2 is 1.97 bits per heavy atom. The molecule has 2 heterocycles. The molecule has 0 unspecified atom stereocenters. The van der Waals surface area contributed by atoms with Crippen LogP contribution in [0.3, 0.4) is 0 Å². The number of ether oxygens (including phenoxy) is 2. The molecule has 0 atom stereocenters. The third-order valence-corrected chi connectivity index (χ3v) is 7.37. The van der Waals surface area contributed by atoms with Gasteiger partial charge in [-0.3, -0.25) is 4.79 Å². The zero-order valence-electron chi connectivity index (χ0n) is 22.7. The minimum Gasteiger partial charge on any atom is -0.494 e. The largest absolute Gasteiger partial charge is 0.494 e. The average molecular weight is 542 g/mol. The number of benzene rings is 2. The lowest BCUT2D eigenvalue weighted by atomic mass is 9.95. The molecule has 38 heavy (non-hydrogen) atoms. The van der Waals surface area contributed by atoms with Gasteiger partial charge in [-0.25, -0.2) is 9.37 Å². The Kier molecular flexibility index (Phi) is 9.58. The summed E-state index contributed by atoms with van der Waals surface area (Å²) >= 11 is 6.09. The summed E-state index contributed by atoms with van der Waals surface area (Å²) < 4.78 is 25.4. The number of hydrogen-bond donors (Lipinski definition) is 1. The molecule has 2 aromatic carbocycles. The normalized spacial score (nSPS) is 14.8. The van der Waals surface area contributed by atoms with Crippen LogP contribution in [0.1, 0.15) is 44.2 Å². The molecule has 1 N–H and O–H groups in total. The van der Waals surface area contributed by atoms with Crippen molar-refractivity contribution >= 4 is 28.4 Å². The summed E-state index contributed by atoms with van der Waals surface area (Å²) in [5, 5.41) is 3.90. The molecule has 1 saturated heterocycles. The van der Waals surface area contributed by atoms with Crippen LogP contribution in [0.2, 0.25) is 5.02 Å². The molecule has 1 aliphatic rings. The third-order valence-electron chi connectivity index (χ3n) is 7.08. The van der Waals surface area contributed by atoms with Crippen molar-refractivity contribution in [1.82, 2.24) is 15.2 Å². The fourth-order valence-corrected chi connectivity index (χ4v) is 5.19. The van der Waals surface area contributed by atoms with E-state index in [1.54, 1.807) is 19.2 Å². The van der Waals surface area contributed by atoms with Crippen molar-refractivity contribution in [2.24, 2.45) is 0 Å². The van der Waals surface area contributed by atoms with Crippen LogP contribution >= 0.6 is 11.6 Å². The number of rotatable bonds is 10. The van der Waals surface area contributed by atoms with Gasteiger partial charge in [0.25, 0.3) is 0 Å². The van der Waals surface area contributed by atoms with Gasteiger partial charge in [0.2, 0.25) is 5.91 Å². The van der Waals surface area contributed by atoms with E-state index in [4.69, 9.17) is 26.1 Å². The van der Waals surface area contributed by atoms with Gasteiger partial charge < -0.3 is 19.7 Å². The Bertz CT molecular complexity index is 1280. The Morgan fingerprint density at radius 3 is 2.66 bits per heavy atom. The van der Waals surface area contributed by atoms with E-state index in [1.165, 1.54) is 6.07 Å². The van der Waals surface area contributed by atoms with Crippen LogP contribution in [0.5, 0.6) is 5.75 Å². The van der Waals surface area contributed by atoms with Gasteiger partial charge in [-0.05, 0) is 87.6 Å². The Balaban J connectivity index is 1.54. The number of nitrogens with zero attached hydrogens (tertiary/aromatic N) is 2. The summed E-state index contributed by atoms with van der Waals surface area (Å²) in [6.07, 6.45) is 3.65. The van der Waals surface area contributed by atoms with E-state index in [1.807, 2.05) is 39.0 Å². The molecule has 1 aliphatic heterocycles. The summed E-state index contributed by atoms with van der Waals surface area (Å²) in [6.45, 7) is 9.60. The second-order valence-corrected chi connectivity index (χ2v) is 10.7. The molecule has 0 bridgehead atoms. The van der Waals surface area contributed by atoms with Crippen LogP contribution in [0.4, 0.5) is 4.39 Å².